The summed E-state index contributed by atoms with van der Waals surface area (Å²) in [7, 11) is -2.38. The third-order valence-corrected chi connectivity index (χ3v) is 5.14. The van der Waals surface area contributed by atoms with Gasteiger partial charge in [0, 0.05) is 11.3 Å². The zero-order chi connectivity index (χ0) is 18.7. The number of ether oxygens (including phenoxy) is 1. The summed E-state index contributed by atoms with van der Waals surface area (Å²) in [6, 6.07) is 16.4. The van der Waals surface area contributed by atoms with Gasteiger partial charge in [-0.1, -0.05) is 17.7 Å². The molecule has 0 aliphatic carbocycles. The van der Waals surface area contributed by atoms with Crippen LogP contribution in [-0.4, -0.2) is 21.5 Å². The van der Waals surface area contributed by atoms with Gasteiger partial charge in [-0.3, -0.25) is 4.72 Å². The molecule has 134 valence electrons. The first-order valence-electron chi connectivity index (χ1n) is 7.77. The number of nitrogens with one attached hydrogen (secondary N) is 1. The van der Waals surface area contributed by atoms with E-state index in [2.05, 4.69) is 9.46 Å². The summed E-state index contributed by atoms with van der Waals surface area (Å²) in [6.45, 7) is 1.89. The van der Waals surface area contributed by atoms with Crippen LogP contribution in [0.1, 0.15) is 16.1 Å². The summed E-state index contributed by atoms with van der Waals surface area (Å²) in [6.07, 6.45) is 0. The Morgan fingerprint density at radius 2 is 1.62 bits per heavy atom. The van der Waals surface area contributed by atoms with E-state index in [1.165, 1.54) is 13.2 Å². The summed E-state index contributed by atoms with van der Waals surface area (Å²) in [4.78, 5) is 11.6. The Bertz CT molecular complexity index is 1020. The van der Waals surface area contributed by atoms with Crippen LogP contribution in [-0.2, 0) is 14.8 Å². The lowest BCUT2D eigenvalue weighted by Crippen LogP contribution is -2.12. The van der Waals surface area contributed by atoms with Gasteiger partial charge in [-0.05, 0) is 55.5 Å². The van der Waals surface area contributed by atoms with Crippen molar-refractivity contribution < 1.29 is 22.4 Å². The number of hydrogen-bond donors (Lipinski definition) is 1. The molecule has 1 heterocycles. The van der Waals surface area contributed by atoms with Crippen molar-refractivity contribution in [2.75, 3.05) is 11.8 Å². The Balaban J connectivity index is 1.78. The predicted molar refractivity (Wildman–Crippen MR) is 97.5 cm³/mol. The normalized spacial score (nSPS) is 11.2. The fraction of sp³-hybridized carbons (Fsp3) is 0.105. The van der Waals surface area contributed by atoms with Gasteiger partial charge in [0.15, 0.2) is 0 Å². The largest absolute Gasteiger partial charge is 0.463 e. The topological polar surface area (TPSA) is 85.6 Å². The minimum absolute atomic E-state index is 0.103. The van der Waals surface area contributed by atoms with Gasteiger partial charge in [-0.25, -0.2) is 13.2 Å². The first-order valence-corrected chi connectivity index (χ1v) is 9.25. The Hall–Kier alpha value is -3.06. The number of aryl methyl sites for hydroxylation is 1. The average Bonchev–Trinajstić information content (AvgIpc) is 3.12. The molecule has 0 radical (unpaired) electrons. The van der Waals surface area contributed by atoms with Gasteiger partial charge < -0.3 is 9.15 Å². The number of benzene rings is 2. The van der Waals surface area contributed by atoms with Crippen molar-refractivity contribution in [1.82, 2.24) is 0 Å². The van der Waals surface area contributed by atoms with Gasteiger partial charge in [-0.2, -0.15) is 0 Å². The van der Waals surface area contributed by atoms with Crippen LogP contribution in [0, 0.1) is 6.92 Å². The minimum atomic E-state index is -3.65. The molecule has 0 atom stereocenters. The van der Waals surface area contributed by atoms with Crippen LogP contribution in [0.2, 0.25) is 0 Å². The zero-order valence-electron chi connectivity index (χ0n) is 14.2. The van der Waals surface area contributed by atoms with Gasteiger partial charge in [0.1, 0.15) is 5.76 Å². The number of carbonyl (C=O) groups excluding carboxylic acids is 1. The van der Waals surface area contributed by atoms with E-state index in [1.807, 2.05) is 6.92 Å². The van der Waals surface area contributed by atoms with E-state index >= 15 is 0 Å². The highest BCUT2D eigenvalue weighted by molar-refractivity contribution is 7.92. The molecule has 0 saturated carbocycles. The lowest BCUT2D eigenvalue weighted by molar-refractivity contribution is 0.0566. The van der Waals surface area contributed by atoms with Crippen LogP contribution >= 0.6 is 0 Å². The van der Waals surface area contributed by atoms with Gasteiger partial charge in [-0.15, -0.1) is 0 Å². The van der Waals surface area contributed by atoms with E-state index in [0.717, 1.165) is 5.56 Å². The van der Waals surface area contributed by atoms with Gasteiger partial charge >= 0.3 is 5.97 Å². The number of anilines is 1. The zero-order valence-corrected chi connectivity index (χ0v) is 15.0. The summed E-state index contributed by atoms with van der Waals surface area (Å²) in [5, 5.41) is 0. The molecule has 1 N–H and O–H groups in total. The maximum absolute atomic E-state index is 12.4. The molecule has 3 rings (SSSR count). The second-order valence-corrected chi connectivity index (χ2v) is 7.33. The Labute approximate surface area is 151 Å². The molecule has 6 nitrogen and oxygen atoms in total. The minimum Gasteiger partial charge on any atom is -0.463 e. The van der Waals surface area contributed by atoms with Crippen molar-refractivity contribution in [2.45, 2.75) is 11.8 Å². The number of esters is 1. The van der Waals surface area contributed by atoms with Crippen molar-refractivity contribution in [3.63, 3.8) is 0 Å². The van der Waals surface area contributed by atoms with E-state index in [1.54, 1.807) is 54.6 Å². The van der Waals surface area contributed by atoms with Gasteiger partial charge in [0.05, 0.1) is 12.0 Å². The second-order valence-electron chi connectivity index (χ2n) is 5.65. The number of furan rings is 1. The SMILES string of the molecule is COC(=O)c1ccc(-c2ccc(NS(=O)(=O)c3ccc(C)cc3)cc2)o1. The average molecular weight is 371 g/mol. The van der Waals surface area contributed by atoms with Crippen LogP contribution in [0.25, 0.3) is 11.3 Å². The van der Waals surface area contributed by atoms with Crippen molar-refractivity contribution in [3.8, 4) is 11.3 Å². The van der Waals surface area contributed by atoms with Crippen LogP contribution < -0.4 is 4.72 Å². The highest BCUT2D eigenvalue weighted by atomic mass is 32.2. The summed E-state index contributed by atoms with van der Waals surface area (Å²) < 4.78 is 37.4. The monoisotopic (exact) mass is 371 g/mol. The number of carbonyl (C=O) groups is 1. The number of rotatable bonds is 5. The molecule has 0 unspecified atom stereocenters. The third kappa shape index (κ3) is 3.78. The molecule has 2 aromatic carbocycles. The molecular formula is C19H17NO5S. The number of hydrogen-bond acceptors (Lipinski definition) is 5. The molecule has 7 heteroatoms. The van der Waals surface area contributed by atoms with Crippen LogP contribution in [0.3, 0.4) is 0 Å². The van der Waals surface area contributed by atoms with E-state index in [4.69, 9.17) is 4.42 Å². The molecule has 0 bridgehead atoms. The number of methoxy groups -OCH3 is 1. The highest BCUT2D eigenvalue weighted by Crippen LogP contribution is 2.25. The molecule has 0 aliphatic rings. The van der Waals surface area contributed by atoms with Crippen molar-refractivity contribution >= 4 is 21.7 Å². The van der Waals surface area contributed by atoms with Crippen LogP contribution in [0.5, 0.6) is 0 Å². The Morgan fingerprint density at radius 3 is 2.23 bits per heavy atom. The lowest BCUT2D eigenvalue weighted by atomic mass is 10.1. The lowest BCUT2D eigenvalue weighted by Gasteiger charge is -2.09. The van der Waals surface area contributed by atoms with Crippen molar-refractivity contribution in [2.24, 2.45) is 0 Å². The molecule has 0 aliphatic heterocycles. The van der Waals surface area contributed by atoms with Crippen molar-refractivity contribution in [3.05, 3.63) is 72.0 Å². The Morgan fingerprint density at radius 1 is 0.962 bits per heavy atom. The van der Waals surface area contributed by atoms with Crippen molar-refractivity contribution in [1.29, 1.82) is 0 Å². The fourth-order valence-corrected chi connectivity index (χ4v) is 3.40. The molecule has 0 spiro atoms. The first kappa shape index (κ1) is 17.8. The van der Waals surface area contributed by atoms with Gasteiger partial charge in [0.2, 0.25) is 5.76 Å². The van der Waals surface area contributed by atoms with E-state index in [0.29, 0.717) is 17.0 Å². The smallest absolute Gasteiger partial charge is 0.373 e. The van der Waals surface area contributed by atoms with Crippen LogP contribution in [0.4, 0.5) is 5.69 Å². The molecule has 3 aromatic rings. The van der Waals surface area contributed by atoms with Gasteiger partial charge in [0.25, 0.3) is 10.0 Å². The molecule has 1 aromatic heterocycles. The number of sulfonamides is 1. The molecule has 0 amide bonds. The van der Waals surface area contributed by atoms with E-state index < -0.39 is 16.0 Å². The second kappa shape index (κ2) is 7.05. The molecule has 0 saturated heterocycles. The first-order chi connectivity index (χ1) is 12.4. The predicted octanol–water partition coefficient (Wildman–Crippen LogP) is 3.84. The standard InChI is InChI=1S/C19H17NO5S/c1-13-3-9-16(10-4-13)26(22,23)20-15-7-5-14(6-8-15)17-11-12-18(25-17)19(21)24-2/h3-12,20H,1-2H3. The maximum Gasteiger partial charge on any atom is 0.373 e. The third-order valence-electron chi connectivity index (χ3n) is 3.75. The summed E-state index contributed by atoms with van der Waals surface area (Å²) in [5.41, 5.74) is 2.12. The van der Waals surface area contributed by atoms with E-state index in [-0.39, 0.29) is 10.7 Å². The van der Waals surface area contributed by atoms with Crippen LogP contribution in [0.15, 0.2) is 70.0 Å². The Kier molecular flexibility index (Phi) is 4.81. The summed E-state index contributed by atoms with van der Waals surface area (Å²) >= 11 is 0. The summed E-state index contributed by atoms with van der Waals surface area (Å²) in [5.74, 6) is 0.0312. The fourth-order valence-electron chi connectivity index (χ4n) is 2.34. The molecule has 0 fully saturated rings. The highest BCUT2D eigenvalue weighted by Gasteiger charge is 2.15. The maximum atomic E-state index is 12.4. The van der Waals surface area contributed by atoms with E-state index in [9.17, 15) is 13.2 Å². The quantitative estimate of drug-likeness (QED) is 0.689. The molecule has 26 heavy (non-hydrogen) atoms. The molecular weight excluding hydrogens is 354 g/mol.